The molecule has 0 radical (unpaired) electrons. The van der Waals surface area contributed by atoms with Crippen molar-refractivity contribution in [2.75, 3.05) is 4.90 Å². The number of rotatable bonds is 4. The van der Waals surface area contributed by atoms with Crippen molar-refractivity contribution in [3.05, 3.63) is 182 Å². The van der Waals surface area contributed by atoms with E-state index < -0.39 is 0 Å². The predicted octanol–water partition coefficient (Wildman–Crippen LogP) is 13.6. The number of para-hydroxylation sites is 4. The molecule has 0 amide bonds. The van der Waals surface area contributed by atoms with Crippen LogP contribution in [0.15, 0.2) is 186 Å². The summed E-state index contributed by atoms with van der Waals surface area (Å²) in [5, 5.41) is 12.0. The number of anilines is 3. The highest BCUT2D eigenvalue weighted by molar-refractivity contribution is 6.29. The molecule has 51 heavy (non-hydrogen) atoms. The number of hydrogen-bond acceptors (Lipinski definition) is 2. The first kappa shape index (κ1) is 28.0. The molecule has 0 bridgehead atoms. The fourth-order valence-corrected chi connectivity index (χ4v) is 8.38. The highest BCUT2D eigenvalue weighted by Crippen LogP contribution is 2.49. The SMILES string of the molecule is c1ccc(N(c2ccc3c4ccccc4c4ccccc4c3c2)c2cc3c(c4ccccc4n3-c3ccccc3)c3oc4ccccc4c23)cc1. The minimum Gasteiger partial charge on any atom is -0.455 e. The summed E-state index contributed by atoms with van der Waals surface area (Å²) in [6.45, 7) is 0. The first-order valence-corrected chi connectivity index (χ1v) is 17.4. The number of fused-ring (bicyclic) bond motifs is 13. The Morgan fingerprint density at radius 3 is 1.63 bits per heavy atom. The molecular weight excluding hydrogens is 621 g/mol. The van der Waals surface area contributed by atoms with Gasteiger partial charge in [-0.3, -0.25) is 0 Å². The monoisotopic (exact) mass is 650 g/mol. The second kappa shape index (κ2) is 10.8. The van der Waals surface area contributed by atoms with Crippen LogP contribution in [-0.4, -0.2) is 4.57 Å². The van der Waals surface area contributed by atoms with Gasteiger partial charge in [-0.25, -0.2) is 0 Å². The van der Waals surface area contributed by atoms with Crippen LogP contribution in [0, 0.1) is 0 Å². The normalized spacial score (nSPS) is 11.9. The van der Waals surface area contributed by atoms with E-state index >= 15 is 0 Å². The van der Waals surface area contributed by atoms with Crippen molar-refractivity contribution in [1.82, 2.24) is 4.57 Å². The number of hydrogen-bond donors (Lipinski definition) is 0. The molecule has 9 aromatic carbocycles. The quantitative estimate of drug-likeness (QED) is 0.177. The van der Waals surface area contributed by atoms with E-state index in [9.17, 15) is 0 Å². The van der Waals surface area contributed by atoms with Crippen molar-refractivity contribution in [1.29, 1.82) is 0 Å². The number of nitrogens with zero attached hydrogens (tertiary/aromatic N) is 2. The molecule has 11 aromatic rings. The minimum absolute atomic E-state index is 0.877. The van der Waals surface area contributed by atoms with Crippen molar-refractivity contribution < 1.29 is 4.42 Å². The van der Waals surface area contributed by atoms with E-state index in [2.05, 4.69) is 191 Å². The maximum Gasteiger partial charge on any atom is 0.147 e. The van der Waals surface area contributed by atoms with Crippen LogP contribution in [0.5, 0.6) is 0 Å². The van der Waals surface area contributed by atoms with Gasteiger partial charge in [-0.2, -0.15) is 0 Å². The second-order valence-electron chi connectivity index (χ2n) is 13.3. The van der Waals surface area contributed by atoms with Crippen molar-refractivity contribution in [3.63, 3.8) is 0 Å². The second-order valence-corrected chi connectivity index (χ2v) is 13.3. The Labute approximate surface area is 293 Å². The summed E-state index contributed by atoms with van der Waals surface area (Å²) in [5.41, 5.74) is 8.36. The summed E-state index contributed by atoms with van der Waals surface area (Å²) in [6, 6.07) is 65.4. The van der Waals surface area contributed by atoms with Crippen LogP contribution in [0.4, 0.5) is 17.1 Å². The minimum atomic E-state index is 0.877. The van der Waals surface area contributed by atoms with Crippen LogP contribution in [-0.2, 0) is 0 Å². The third kappa shape index (κ3) is 4.06. The van der Waals surface area contributed by atoms with Gasteiger partial charge >= 0.3 is 0 Å². The largest absolute Gasteiger partial charge is 0.455 e. The van der Waals surface area contributed by atoms with Gasteiger partial charge in [0.15, 0.2) is 0 Å². The molecule has 0 aliphatic carbocycles. The van der Waals surface area contributed by atoms with Crippen molar-refractivity contribution in [2.45, 2.75) is 0 Å². The molecular formula is C48H30N2O. The summed E-state index contributed by atoms with van der Waals surface area (Å²) < 4.78 is 9.30. The van der Waals surface area contributed by atoms with E-state index in [-0.39, 0.29) is 0 Å². The average molecular weight is 651 g/mol. The van der Waals surface area contributed by atoms with Gasteiger partial charge in [0.25, 0.3) is 0 Å². The van der Waals surface area contributed by atoms with Gasteiger partial charge in [0.2, 0.25) is 0 Å². The van der Waals surface area contributed by atoms with E-state index in [0.717, 1.165) is 61.1 Å². The predicted molar refractivity (Wildman–Crippen MR) is 215 cm³/mol. The fourth-order valence-electron chi connectivity index (χ4n) is 8.38. The topological polar surface area (TPSA) is 21.3 Å². The van der Waals surface area contributed by atoms with Gasteiger partial charge in [0.1, 0.15) is 11.2 Å². The molecule has 0 atom stereocenters. The highest BCUT2D eigenvalue weighted by atomic mass is 16.3. The van der Waals surface area contributed by atoms with Crippen molar-refractivity contribution >= 4 is 93.1 Å². The molecule has 3 heteroatoms. The third-order valence-corrected chi connectivity index (χ3v) is 10.5. The maximum atomic E-state index is 6.92. The summed E-state index contributed by atoms with van der Waals surface area (Å²) in [7, 11) is 0. The van der Waals surface area contributed by atoms with Gasteiger partial charge in [0.05, 0.1) is 27.5 Å². The Kier molecular flexibility index (Phi) is 5.96. The van der Waals surface area contributed by atoms with E-state index in [4.69, 9.17) is 4.42 Å². The van der Waals surface area contributed by atoms with Gasteiger partial charge in [-0.05, 0) is 86.9 Å². The van der Waals surface area contributed by atoms with Gasteiger partial charge in [0, 0.05) is 27.8 Å². The fraction of sp³-hybridized carbons (Fsp3) is 0. The molecule has 2 heterocycles. The molecule has 0 saturated carbocycles. The summed E-state index contributed by atoms with van der Waals surface area (Å²) >= 11 is 0. The lowest BCUT2D eigenvalue weighted by Gasteiger charge is -2.27. The van der Waals surface area contributed by atoms with E-state index in [0.29, 0.717) is 0 Å². The van der Waals surface area contributed by atoms with Gasteiger partial charge < -0.3 is 13.9 Å². The van der Waals surface area contributed by atoms with Crippen molar-refractivity contribution in [2.24, 2.45) is 0 Å². The Hall–Kier alpha value is -6.84. The molecule has 3 nitrogen and oxygen atoms in total. The molecule has 0 spiro atoms. The summed E-state index contributed by atoms with van der Waals surface area (Å²) in [4.78, 5) is 2.42. The van der Waals surface area contributed by atoms with E-state index in [1.165, 1.54) is 37.7 Å². The summed E-state index contributed by atoms with van der Waals surface area (Å²) in [6.07, 6.45) is 0. The molecule has 238 valence electrons. The Bertz CT molecular complexity index is 3100. The molecule has 0 unspecified atom stereocenters. The molecule has 0 aliphatic heterocycles. The number of benzene rings is 9. The summed E-state index contributed by atoms with van der Waals surface area (Å²) in [5.74, 6) is 0. The van der Waals surface area contributed by atoms with Crippen molar-refractivity contribution in [3.8, 4) is 5.69 Å². The van der Waals surface area contributed by atoms with E-state index in [1.54, 1.807) is 0 Å². The molecule has 0 saturated heterocycles. The third-order valence-electron chi connectivity index (χ3n) is 10.5. The van der Waals surface area contributed by atoms with Gasteiger partial charge in [-0.15, -0.1) is 0 Å². The molecule has 11 rings (SSSR count). The van der Waals surface area contributed by atoms with Gasteiger partial charge in [-0.1, -0.05) is 127 Å². The lowest BCUT2D eigenvalue weighted by atomic mass is 9.94. The Morgan fingerprint density at radius 2 is 0.922 bits per heavy atom. The molecule has 0 N–H and O–H groups in total. The molecule has 0 aliphatic rings. The van der Waals surface area contributed by atoms with Crippen LogP contribution in [0.3, 0.4) is 0 Å². The average Bonchev–Trinajstić information content (AvgIpc) is 3.75. The van der Waals surface area contributed by atoms with Crippen LogP contribution in [0.1, 0.15) is 0 Å². The lowest BCUT2D eigenvalue weighted by Crippen LogP contribution is -2.10. The first-order valence-electron chi connectivity index (χ1n) is 17.4. The van der Waals surface area contributed by atoms with Crippen LogP contribution >= 0.6 is 0 Å². The Balaban J connectivity index is 1.31. The van der Waals surface area contributed by atoms with Crippen LogP contribution in [0.2, 0.25) is 0 Å². The zero-order valence-electron chi connectivity index (χ0n) is 27.6. The zero-order valence-corrected chi connectivity index (χ0v) is 27.6. The number of furan rings is 1. The maximum absolute atomic E-state index is 6.92. The van der Waals surface area contributed by atoms with Crippen LogP contribution < -0.4 is 4.90 Å². The standard InChI is InChI=1S/C48H30N2O/c1-3-15-31(16-4-1)49(33-27-28-38-36-21-8-7-19-34(36)35-20-9-10-22-37(35)41(38)29-33)43-30-44-46(48-47(43)40-24-12-14-26-45(40)51-48)39-23-11-13-25-42(39)50(44)32-17-5-2-6-18-32/h1-30H. The van der Waals surface area contributed by atoms with Crippen LogP contribution in [0.25, 0.3) is 81.7 Å². The van der Waals surface area contributed by atoms with E-state index in [1.807, 2.05) is 0 Å². The molecule has 0 fully saturated rings. The lowest BCUT2D eigenvalue weighted by molar-refractivity contribution is 0.673. The molecule has 2 aromatic heterocycles. The number of aromatic nitrogens is 1. The highest BCUT2D eigenvalue weighted by Gasteiger charge is 2.26. The smallest absolute Gasteiger partial charge is 0.147 e. The Morgan fingerprint density at radius 1 is 0.373 bits per heavy atom. The first-order chi connectivity index (χ1) is 25.3. The zero-order chi connectivity index (χ0) is 33.5.